The van der Waals surface area contributed by atoms with Crippen LogP contribution in [0.2, 0.25) is 5.02 Å². The van der Waals surface area contributed by atoms with Gasteiger partial charge in [-0.3, -0.25) is 19.2 Å². The summed E-state index contributed by atoms with van der Waals surface area (Å²) in [6, 6.07) is 13.4. The standard InChI is InChI=1S/C29H27ClO12/c1-14(31)36-13-24-26(37-15(2)32)27(38-16(3)33)28(39-17(4)34)29(42-24)41-23-12-22-20(10-21(23)30)19(11-25(35)40-22)18-8-6-5-7-9-18/h5-12,24,26-29H,13H2,1-4H3/t24-,26+,27-,28+,29-/m0/s1. The number of halogens is 1. The topological polar surface area (TPSA) is 154 Å². The van der Waals surface area contributed by atoms with Gasteiger partial charge in [0, 0.05) is 45.2 Å². The van der Waals surface area contributed by atoms with Gasteiger partial charge in [-0.2, -0.15) is 0 Å². The van der Waals surface area contributed by atoms with Gasteiger partial charge in [-0.1, -0.05) is 41.9 Å². The number of rotatable bonds is 8. The Balaban J connectivity index is 1.78. The van der Waals surface area contributed by atoms with E-state index in [1.165, 1.54) is 18.2 Å². The third kappa shape index (κ3) is 7.25. The van der Waals surface area contributed by atoms with Crippen molar-refractivity contribution in [3.05, 3.63) is 64.0 Å². The summed E-state index contributed by atoms with van der Waals surface area (Å²) in [5, 5.41) is 0.584. The van der Waals surface area contributed by atoms with Gasteiger partial charge in [0.25, 0.3) is 0 Å². The van der Waals surface area contributed by atoms with Gasteiger partial charge in [-0.15, -0.1) is 0 Å². The van der Waals surface area contributed by atoms with Crippen LogP contribution in [0.5, 0.6) is 5.75 Å². The number of hydrogen-bond acceptors (Lipinski definition) is 12. The normalized spacial score (nSPS) is 21.7. The second-order valence-electron chi connectivity index (χ2n) is 9.31. The maximum absolute atomic E-state index is 12.4. The quantitative estimate of drug-likeness (QED) is 0.210. The number of ether oxygens (including phenoxy) is 6. The predicted octanol–water partition coefficient (Wildman–Crippen LogP) is 3.58. The zero-order valence-corrected chi connectivity index (χ0v) is 23.7. The van der Waals surface area contributed by atoms with Crippen LogP contribution in [0, 0.1) is 0 Å². The molecule has 12 nitrogen and oxygen atoms in total. The highest BCUT2D eigenvalue weighted by Gasteiger charge is 2.53. The summed E-state index contributed by atoms with van der Waals surface area (Å²) in [6.07, 6.45) is -7.01. The number of carbonyl (C=O) groups is 4. The molecule has 0 unspecified atom stereocenters. The van der Waals surface area contributed by atoms with Crippen LogP contribution in [0.25, 0.3) is 22.1 Å². The average Bonchev–Trinajstić information content (AvgIpc) is 2.91. The minimum atomic E-state index is -1.52. The van der Waals surface area contributed by atoms with Gasteiger partial charge in [0.1, 0.15) is 24.0 Å². The summed E-state index contributed by atoms with van der Waals surface area (Å²) in [7, 11) is 0. The fourth-order valence-electron chi connectivity index (χ4n) is 4.52. The van der Waals surface area contributed by atoms with Crippen molar-refractivity contribution in [1.82, 2.24) is 0 Å². The van der Waals surface area contributed by atoms with E-state index >= 15 is 0 Å². The first-order valence-corrected chi connectivity index (χ1v) is 13.1. The third-order valence-electron chi connectivity index (χ3n) is 6.07. The molecule has 4 rings (SSSR count). The van der Waals surface area contributed by atoms with Crippen LogP contribution in [0.1, 0.15) is 27.7 Å². The van der Waals surface area contributed by atoms with Crippen molar-refractivity contribution < 1.29 is 52.0 Å². The molecule has 3 aromatic rings. The lowest BCUT2D eigenvalue weighted by Crippen LogP contribution is -2.63. The Labute approximate surface area is 244 Å². The number of benzene rings is 2. The molecule has 1 aliphatic heterocycles. The summed E-state index contributed by atoms with van der Waals surface area (Å²) in [5.74, 6) is -3.06. The SMILES string of the molecule is CC(=O)OC[C@@H]1O[C@H](Oc2cc3oc(=O)cc(-c4ccccc4)c3cc2Cl)[C@H](OC(C)=O)[C@@H](OC(C)=O)[C@@H]1OC(C)=O. The van der Waals surface area contributed by atoms with Gasteiger partial charge in [-0.05, 0) is 17.2 Å². The van der Waals surface area contributed by atoms with Gasteiger partial charge >= 0.3 is 29.5 Å². The fraction of sp³-hybridized carbons (Fsp3) is 0.345. The van der Waals surface area contributed by atoms with Crippen LogP contribution in [0.4, 0.5) is 0 Å². The largest absolute Gasteiger partial charge is 0.463 e. The number of hydrogen-bond donors (Lipinski definition) is 0. The molecule has 1 fully saturated rings. The second-order valence-corrected chi connectivity index (χ2v) is 9.72. The first-order valence-electron chi connectivity index (χ1n) is 12.7. The Morgan fingerprint density at radius 2 is 1.43 bits per heavy atom. The number of carbonyl (C=O) groups excluding carboxylic acids is 4. The molecule has 0 N–H and O–H groups in total. The van der Waals surface area contributed by atoms with E-state index in [1.807, 2.05) is 30.3 Å². The molecule has 5 atom stereocenters. The average molecular weight is 603 g/mol. The van der Waals surface area contributed by atoms with E-state index in [0.717, 1.165) is 33.3 Å². The molecule has 1 aliphatic rings. The minimum Gasteiger partial charge on any atom is -0.463 e. The molecule has 2 aromatic carbocycles. The van der Waals surface area contributed by atoms with Crippen LogP contribution < -0.4 is 10.4 Å². The van der Waals surface area contributed by atoms with Crippen molar-refractivity contribution >= 4 is 46.4 Å². The van der Waals surface area contributed by atoms with Crippen molar-refractivity contribution in [2.24, 2.45) is 0 Å². The molecule has 0 spiro atoms. The van der Waals surface area contributed by atoms with Gasteiger partial charge < -0.3 is 32.8 Å². The van der Waals surface area contributed by atoms with E-state index in [1.54, 1.807) is 0 Å². The highest BCUT2D eigenvalue weighted by molar-refractivity contribution is 6.33. The van der Waals surface area contributed by atoms with Crippen molar-refractivity contribution in [2.45, 2.75) is 58.4 Å². The van der Waals surface area contributed by atoms with Gasteiger partial charge in [0.2, 0.25) is 12.4 Å². The summed E-state index contributed by atoms with van der Waals surface area (Å²) in [5.41, 5.74) is 0.829. The maximum atomic E-state index is 12.4. The van der Waals surface area contributed by atoms with Crippen molar-refractivity contribution in [3.63, 3.8) is 0 Å². The van der Waals surface area contributed by atoms with E-state index in [9.17, 15) is 24.0 Å². The van der Waals surface area contributed by atoms with Crippen LogP contribution in [-0.4, -0.2) is 61.2 Å². The highest BCUT2D eigenvalue weighted by atomic mass is 35.5. The molecule has 13 heteroatoms. The van der Waals surface area contributed by atoms with Crippen LogP contribution in [0.15, 0.2) is 57.7 Å². The van der Waals surface area contributed by atoms with E-state index in [-0.39, 0.29) is 16.4 Å². The van der Waals surface area contributed by atoms with Crippen LogP contribution in [0.3, 0.4) is 0 Å². The molecular formula is C29H27ClO12. The number of esters is 4. The Morgan fingerprint density at radius 3 is 2.05 bits per heavy atom. The summed E-state index contributed by atoms with van der Waals surface area (Å²) in [6.45, 7) is 4.06. The zero-order valence-electron chi connectivity index (χ0n) is 23.0. The lowest BCUT2D eigenvalue weighted by molar-refractivity contribution is -0.288. The minimum absolute atomic E-state index is 0.0431. The molecule has 1 aromatic heterocycles. The summed E-state index contributed by atoms with van der Waals surface area (Å²) in [4.78, 5) is 60.1. The lowest BCUT2D eigenvalue weighted by Gasteiger charge is -2.43. The Hall–Kier alpha value is -4.42. The van der Waals surface area contributed by atoms with E-state index < -0.39 is 66.8 Å². The smallest absolute Gasteiger partial charge is 0.336 e. The molecule has 0 saturated carbocycles. The monoisotopic (exact) mass is 602 g/mol. The van der Waals surface area contributed by atoms with Gasteiger partial charge in [0.15, 0.2) is 12.2 Å². The third-order valence-corrected chi connectivity index (χ3v) is 6.37. The number of fused-ring (bicyclic) bond motifs is 1. The van der Waals surface area contributed by atoms with E-state index in [2.05, 4.69) is 0 Å². The zero-order chi connectivity index (χ0) is 30.6. The summed E-state index contributed by atoms with van der Waals surface area (Å²) >= 11 is 6.60. The highest BCUT2D eigenvalue weighted by Crippen LogP contribution is 2.37. The van der Waals surface area contributed by atoms with Gasteiger partial charge in [-0.25, -0.2) is 4.79 Å². The van der Waals surface area contributed by atoms with E-state index in [0.29, 0.717) is 10.9 Å². The van der Waals surface area contributed by atoms with Crippen molar-refractivity contribution in [1.29, 1.82) is 0 Å². The molecule has 2 heterocycles. The molecule has 0 amide bonds. The maximum Gasteiger partial charge on any atom is 0.336 e. The van der Waals surface area contributed by atoms with Gasteiger partial charge in [0.05, 0.1) is 5.02 Å². The van der Waals surface area contributed by atoms with E-state index in [4.69, 9.17) is 44.4 Å². The molecule has 0 radical (unpaired) electrons. The first-order chi connectivity index (χ1) is 19.9. The Bertz CT molecular complexity index is 1550. The molecule has 0 bridgehead atoms. The second kappa shape index (κ2) is 13.0. The van der Waals surface area contributed by atoms with Crippen LogP contribution >= 0.6 is 11.6 Å². The lowest BCUT2D eigenvalue weighted by atomic mass is 9.98. The molecule has 1 saturated heterocycles. The first kappa shape index (κ1) is 30.5. The molecular weight excluding hydrogens is 576 g/mol. The predicted molar refractivity (Wildman–Crippen MR) is 146 cm³/mol. The Morgan fingerprint density at radius 1 is 0.810 bits per heavy atom. The van der Waals surface area contributed by atoms with Crippen molar-refractivity contribution in [3.8, 4) is 16.9 Å². The Kier molecular flexibility index (Phi) is 9.48. The molecule has 42 heavy (non-hydrogen) atoms. The van der Waals surface area contributed by atoms with Crippen molar-refractivity contribution in [2.75, 3.05) is 6.61 Å². The fourth-order valence-corrected chi connectivity index (χ4v) is 4.73. The molecule has 222 valence electrons. The van der Waals surface area contributed by atoms with Crippen LogP contribution in [-0.2, 0) is 42.9 Å². The molecule has 0 aliphatic carbocycles. The summed E-state index contributed by atoms with van der Waals surface area (Å²) < 4.78 is 38.7.